The zero-order valence-electron chi connectivity index (χ0n) is 15.8. The van der Waals surface area contributed by atoms with Crippen molar-refractivity contribution in [3.63, 3.8) is 0 Å². The highest BCUT2D eigenvalue weighted by Gasteiger charge is 2.21. The molecule has 4 nitrogen and oxygen atoms in total. The van der Waals surface area contributed by atoms with Crippen molar-refractivity contribution < 1.29 is 0 Å². The smallest absolute Gasteiger partial charge is 0.189 e. The number of nitrogens with zero attached hydrogens (tertiary/aromatic N) is 2. The van der Waals surface area contributed by atoms with Crippen LogP contribution >= 0.6 is 0 Å². The van der Waals surface area contributed by atoms with Crippen molar-refractivity contribution in [2.24, 2.45) is 22.6 Å². The van der Waals surface area contributed by atoms with Crippen molar-refractivity contribution in [1.82, 2.24) is 10.2 Å². The predicted molar refractivity (Wildman–Crippen MR) is 103 cm³/mol. The van der Waals surface area contributed by atoms with Crippen LogP contribution in [0.3, 0.4) is 0 Å². The highest BCUT2D eigenvalue weighted by Crippen LogP contribution is 2.22. The Morgan fingerprint density at radius 1 is 1.21 bits per heavy atom. The van der Waals surface area contributed by atoms with Gasteiger partial charge in [-0.25, -0.2) is 4.99 Å². The average molecular weight is 331 g/mol. The molecule has 0 amide bonds. The molecule has 1 aromatic carbocycles. The Bertz CT molecular complexity index is 513. The second-order valence-electron chi connectivity index (χ2n) is 7.61. The number of nitrogens with one attached hydrogen (secondary N) is 1. The second-order valence-corrected chi connectivity index (χ2v) is 7.61. The zero-order valence-corrected chi connectivity index (χ0v) is 15.8. The third-order valence-corrected chi connectivity index (χ3v) is 4.81. The summed E-state index contributed by atoms with van der Waals surface area (Å²) in [4.78, 5) is 7.00. The monoisotopic (exact) mass is 330 g/mol. The Morgan fingerprint density at radius 3 is 2.38 bits per heavy atom. The predicted octanol–water partition coefficient (Wildman–Crippen LogP) is 3.37. The van der Waals surface area contributed by atoms with Crippen LogP contribution in [0, 0.1) is 11.8 Å². The minimum atomic E-state index is 0.366. The lowest BCUT2D eigenvalue weighted by Crippen LogP contribution is -2.38. The van der Waals surface area contributed by atoms with Crippen LogP contribution in [-0.2, 0) is 13.1 Å². The summed E-state index contributed by atoms with van der Waals surface area (Å²) >= 11 is 0. The molecule has 0 aliphatic carbocycles. The van der Waals surface area contributed by atoms with E-state index in [2.05, 4.69) is 67.2 Å². The molecule has 2 rings (SSSR count). The van der Waals surface area contributed by atoms with Crippen LogP contribution in [0.25, 0.3) is 0 Å². The Balaban J connectivity index is 1.85. The summed E-state index contributed by atoms with van der Waals surface area (Å²) < 4.78 is 0. The van der Waals surface area contributed by atoms with Crippen molar-refractivity contribution in [3.05, 3.63) is 35.4 Å². The fourth-order valence-corrected chi connectivity index (χ4v) is 3.51. The molecular weight excluding hydrogens is 296 g/mol. The SMILES string of the molecule is CCC(C)NC(N)=NCc1ccc(CN2CC(C)CC(C)C2)cc1. The number of nitrogens with two attached hydrogens (primary N) is 1. The summed E-state index contributed by atoms with van der Waals surface area (Å²) in [5.74, 6) is 2.15. The third kappa shape index (κ3) is 6.16. The van der Waals surface area contributed by atoms with Crippen LogP contribution in [0.2, 0.25) is 0 Å². The molecule has 1 aliphatic heterocycles. The van der Waals surface area contributed by atoms with E-state index < -0.39 is 0 Å². The summed E-state index contributed by atoms with van der Waals surface area (Å²) in [5.41, 5.74) is 8.50. The second kappa shape index (κ2) is 9.07. The molecule has 1 heterocycles. The van der Waals surface area contributed by atoms with Gasteiger partial charge in [0.25, 0.3) is 0 Å². The van der Waals surface area contributed by atoms with E-state index in [-0.39, 0.29) is 0 Å². The van der Waals surface area contributed by atoms with Crippen molar-refractivity contribution in [2.45, 2.75) is 59.7 Å². The minimum absolute atomic E-state index is 0.366. The first-order valence-electron chi connectivity index (χ1n) is 9.32. The van der Waals surface area contributed by atoms with E-state index in [1.165, 1.54) is 30.6 Å². The van der Waals surface area contributed by atoms with Gasteiger partial charge in [-0.3, -0.25) is 4.90 Å². The first-order chi connectivity index (χ1) is 11.5. The maximum atomic E-state index is 5.91. The normalized spacial score (nSPS) is 23.9. The maximum absolute atomic E-state index is 5.91. The van der Waals surface area contributed by atoms with Gasteiger partial charge in [-0.15, -0.1) is 0 Å². The topological polar surface area (TPSA) is 53.6 Å². The van der Waals surface area contributed by atoms with Gasteiger partial charge in [0.15, 0.2) is 5.96 Å². The maximum Gasteiger partial charge on any atom is 0.189 e. The molecule has 134 valence electrons. The number of hydrogen-bond acceptors (Lipinski definition) is 2. The molecule has 0 bridgehead atoms. The Hall–Kier alpha value is -1.55. The Kier molecular flexibility index (Phi) is 7.10. The van der Waals surface area contributed by atoms with Crippen LogP contribution in [0.15, 0.2) is 29.3 Å². The molecule has 1 fully saturated rings. The fraction of sp³-hybridized carbons (Fsp3) is 0.650. The molecular formula is C20H34N4. The van der Waals surface area contributed by atoms with E-state index in [0.717, 1.165) is 24.8 Å². The molecule has 1 aliphatic rings. The van der Waals surface area contributed by atoms with E-state index in [9.17, 15) is 0 Å². The Morgan fingerprint density at radius 2 is 1.79 bits per heavy atom. The van der Waals surface area contributed by atoms with Gasteiger partial charge in [-0.2, -0.15) is 0 Å². The van der Waals surface area contributed by atoms with Gasteiger partial charge in [0.1, 0.15) is 0 Å². The molecule has 1 saturated heterocycles. The van der Waals surface area contributed by atoms with Gasteiger partial charge < -0.3 is 11.1 Å². The van der Waals surface area contributed by atoms with E-state index in [0.29, 0.717) is 18.5 Å². The number of likely N-dealkylation sites (tertiary alicyclic amines) is 1. The summed E-state index contributed by atoms with van der Waals surface area (Å²) in [6, 6.07) is 9.17. The Labute approximate surface area is 147 Å². The lowest BCUT2D eigenvalue weighted by atomic mass is 9.91. The quantitative estimate of drug-likeness (QED) is 0.621. The average Bonchev–Trinajstić information content (AvgIpc) is 2.53. The van der Waals surface area contributed by atoms with Crippen LogP contribution in [0.1, 0.15) is 51.7 Å². The molecule has 3 atom stereocenters. The summed E-state index contributed by atoms with van der Waals surface area (Å²) in [5, 5.41) is 3.19. The highest BCUT2D eigenvalue weighted by atomic mass is 15.1. The highest BCUT2D eigenvalue weighted by molar-refractivity contribution is 5.78. The number of benzene rings is 1. The summed E-state index contributed by atoms with van der Waals surface area (Å²) in [6.07, 6.45) is 2.40. The van der Waals surface area contributed by atoms with Crippen LogP contribution in [0.4, 0.5) is 0 Å². The minimum Gasteiger partial charge on any atom is -0.370 e. The van der Waals surface area contributed by atoms with Crippen LogP contribution in [0.5, 0.6) is 0 Å². The number of hydrogen-bond donors (Lipinski definition) is 2. The number of rotatable bonds is 6. The molecule has 1 aromatic rings. The molecule has 0 radical (unpaired) electrons. The van der Waals surface area contributed by atoms with E-state index in [1.807, 2.05) is 0 Å². The van der Waals surface area contributed by atoms with Gasteiger partial charge in [0.05, 0.1) is 6.54 Å². The number of guanidine groups is 1. The van der Waals surface area contributed by atoms with Gasteiger partial charge in [0.2, 0.25) is 0 Å². The summed E-state index contributed by atoms with van der Waals surface area (Å²) in [6.45, 7) is 13.1. The third-order valence-electron chi connectivity index (χ3n) is 4.81. The van der Waals surface area contributed by atoms with E-state index >= 15 is 0 Å². The molecule has 0 saturated carbocycles. The van der Waals surface area contributed by atoms with Gasteiger partial charge in [-0.05, 0) is 42.7 Å². The largest absolute Gasteiger partial charge is 0.370 e. The van der Waals surface area contributed by atoms with Crippen LogP contribution < -0.4 is 11.1 Å². The van der Waals surface area contributed by atoms with E-state index in [4.69, 9.17) is 5.73 Å². The van der Waals surface area contributed by atoms with Crippen molar-refractivity contribution in [3.8, 4) is 0 Å². The number of aliphatic imine (C=N–C) groups is 1. The molecule has 0 aromatic heterocycles. The molecule has 3 N–H and O–H groups in total. The van der Waals surface area contributed by atoms with Crippen LogP contribution in [-0.4, -0.2) is 30.0 Å². The van der Waals surface area contributed by atoms with Gasteiger partial charge in [-0.1, -0.05) is 45.0 Å². The van der Waals surface area contributed by atoms with E-state index in [1.54, 1.807) is 0 Å². The van der Waals surface area contributed by atoms with Gasteiger partial charge in [0, 0.05) is 25.7 Å². The first kappa shape index (κ1) is 18.8. The summed E-state index contributed by atoms with van der Waals surface area (Å²) in [7, 11) is 0. The zero-order chi connectivity index (χ0) is 17.5. The molecule has 3 unspecified atom stereocenters. The van der Waals surface area contributed by atoms with Crippen molar-refractivity contribution in [1.29, 1.82) is 0 Å². The first-order valence-corrected chi connectivity index (χ1v) is 9.32. The van der Waals surface area contributed by atoms with Gasteiger partial charge >= 0.3 is 0 Å². The number of piperidine rings is 1. The molecule has 4 heteroatoms. The lowest BCUT2D eigenvalue weighted by molar-refractivity contribution is 0.134. The molecule has 0 spiro atoms. The standard InChI is InChI=1S/C20H34N4/c1-5-17(4)23-20(21)22-11-18-6-8-19(9-7-18)14-24-12-15(2)10-16(3)13-24/h6-9,15-17H,5,10-14H2,1-4H3,(H3,21,22,23). The fourth-order valence-electron chi connectivity index (χ4n) is 3.51. The van der Waals surface area contributed by atoms with Crippen molar-refractivity contribution in [2.75, 3.05) is 13.1 Å². The lowest BCUT2D eigenvalue weighted by Gasteiger charge is -2.35. The van der Waals surface area contributed by atoms with Crippen molar-refractivity contribution >= 4 is 5.96 Å². The molecule has 24 heavy (non-hydrogen) atoms.